The number of hydrogen-bond donors (Lipinski definition) is 0. The highest BCUT2D eigenvalue weighted by Gasteiger charge is 2.13. The van der Waals surface area contributed by atoms with Gasteiger partial charge in [-0.15, -0.1) is 0 Å². The van der Waals surface area contributed by atoms with Gasteiger partial charge in [0.25, 0.3) is 5.69 Å². The summed E-state index contributed by atoms with van der Waals surface area (Å²) >= 11 is 1.23. The average molecular weight is 250 g/mol. The lowest BCUT2D eigenvalue weighted by Gasteiger charge is -2.11. The fourth-order valence-corrected chi connectivity index (χ4v) is 2.64. The van der Waals surface area contributed by atoms with Gasteiger partial charge in [-0.1, -0.05) is 18.6 Å². The smallest absolute Gasteiger partial charge is 0.258 e. The number of hydrogen-bond acceptors (Lipinski definition) is 4. The summed E-state index contributed by atoms with van der Waals surface area (Å²) in [5, 5.41) is 10.8. The summed E-state index contributed by atoms with van der Waals surface area (Å²) in [6.07, 6.45) is 5.73. The number of nitro groups is 1. The van der Waals surface area contributed by atoms with Crippen molar-refractivity contribution in [2.24, 2.45) is 4.40 Å². The molecule has 0 radical (unpaired) electrons. The first-order chi connectivity index (χ1) is 8.27. The molecule has 0 unspecified atom stereocenters. The van der Waals surface area contributed by atoms with Crippen molar-refractivity contribution in [3.05, 3.63) is 34.4 Å². The van der Waals surface area contributed by atoms with Gasteiger partial charge in [-0.3, -0.25) is 10.1 Å². The molecule has 2 rings (SSSR count). The maximum Gasteiger partial charge on any atom is 0.284 e. The summed E-state index contributed by atoms with van der Waals surface area (Å²) < 4.78 is 4.43. The van der Waals surface area contributed by atoms with Gasteiger partial charge in [-0.25, -0.2) is 4.40 Å². The van der Waals surface area contributed by atoms with Crippen molar-refractivity contribution in [3.8, 4) is 0 Å². The molecule has 0 spiro atoms. The van der Waals surface area contributed by atoms with Crippen molar-refractivity contribution in [3.63, 3.8) is 0 Å². The van der Waals surface area contributed by atoms with Crippen LogP contribution >= 0.6 is 11.9 Å². The molecule has 0 N–H and O–H groups in total. The molecule has 1 fully saturated rings. The Morgan fingerprint density at radius 1 is 1.18 bits per heavy atom. The van der Waals surface area contributed by atoms with Crippen LogP contribution in [0.1, 0.15) is 32.1 Å². The van der Waals surface area contributed by atoms with Crippen molar-refractivity contribution in [2.45, 2.75) is 37.0 Å². The van der Waals surface area contributed by atoms with Crippen molar-refractivity contribution >= 4 is 23.3 Å². The Labute approximate surface area is 104 Å². The molecule has 1 aliphatic rings. The second kappa shape index (κ2) is 5.82. The summed E-state index contributed by atoms with van der Waals surface area (Å²) in [7, 11) is 0. The Hall–Kier alpha value is -1.36. The fourth-order valence-electron chi connectivity index (χ4n) is 1.85. The molecule has 1 saturated carbocycles. The average Bonchev–Trinajstić information content (AvgIpc) is 2.38. The van der Waals surface area contributed by atoms with Crippen LogP contribution in [0.4, 0.5) is 5.69 Å². The minimum Gasteiger partial charge on any atom is -0.258 e. The Morgan fingerprint density at radius 3 is 2.59 bits per heavy atom. The van der Waals surface area contributed by atoms with Gasteiger partial charge in [0.05, 0.1) is 4.92 Å². The number of benzene rings is 1. The van der Waals surface area contributed by atoms with E-state index in [2.05, 4.69) is 4.40 Å². The van der Waals surface area contributed by atoms with Gasteiger partial charge in [0.1, 0.15) is 4.90 Å². The van der Waals surface area contributed by atoms with Crippen LogP contribution in [0.3, 0.4) is 0 Å². The van der Waals surface area contributed by atoms with E-state index in [0.29, 0.717) is 4.90 Å². The highest BCUT2D eigenvalue weighted by Crippen LogP contribution is 2.30. The number of rotatable bonds is 3. The first-order valence-corrected chi connectivity index (χ1v) is 6.51. The lowest BCUT2D eigenvalue weighted by Crippen LogP contribution is -2.03. The van der Waals surface area contributed by atoms with Gasteiger partial charge in [-0.05, 0) is 31.7 Å². The van der Waals surface area contributed by atoms with Crippen LogP contribution in [-0.4, -0.2) is 10.6 Å². The monoisotopic (exact) mass is 250 g/mol. The van der Waals surface area contributed by atoms with E-state index >= 15 is 0 Å². The predicted molar refractivity (Wildman–Crippen MR) is 69.5 cm³/mol. The minimum absolute atomic E-state index is 0.137. The summed E-state index contributed by atoms with van der Waals surface area (Å²) in [4.78, 5) is 11.1. The van der Waals surface area contributed by atoms with E-state index in [1.54, 1.807) is 18.2 Å². The zero-order chi connectivity index (χ0) is 12.1. The van der Waals surface area contributed by atoms with Gasteiger partial charge in [-0.2, -0.15) is 0 Å². The van der Waals surface area contributed by atoms with Crippen molar-refractivity contribution in [1.29, 1.82) is 0 Å². The Morgan fingerprint density at radius 2 is 1.88 bits per heavy atom. The van der Waals surface area contributed by atoms with E-state index in [4.69, 9.17) is 0 Å². The van der Waals surface area contributed by atoms with Gasteiger partial charge < -0.3 is 0 Å². The summed E-state index contributed by atoms with van der Waals surface area (Å²) in [6.45, 7) is 0. The van der Waals surface area contributed by atoms with Crippen LogP contribution in [-0.2, 0) is 0 Å². The highest BCUT2D eigenvalue weighted by molar-refractivity contribution is 7.98. The second-order valence-corrected chi connectivity index (χ2v) is 4.84. The van der Waals surface area contributed by atoms with Crippen LogP contribution in [0.25, 0.3) is 0 Å². The van der Waals surface area contributed by atoms with E-state index < -0.39 is 0 Å². The van der Waals surface area contributed by atoms with Gasteiger partial charge in [0.15, 0.2) is 0 Å². The standard InChI is InChI=1S/C12H14N2O2S/c15-14(16)11-8-4-5-9-12(11)17-13-10-6-2-1-3-7-10/h4-5,8-9H,1-3,6-7H2. The molecule has 1 aliphatic carbocycles. The molecule has 0 heterocycles. The van der Waals surface area contributed by atoms with E-state index in [1.807, 2.05) is 0 Å². The number of para-hydroxylation sites is 1. The quantitative estimate of drug-likeness (QED) is 0.462. The normalized spacial score (nSPS) is 15.6. The van der Waals surface area contributed by atoms with Crippen molar-refractivity contribution in [2.75, 3.05) is 0 Å². The van der Waals surface area contributed by atoms with Crippen molar-refractivity contribution in [1.82, 2.24) is 0 Å². The van der Waals surface area contributed by atoms with Gasteiger partial charge >= 0.3 is 0 Å². The molecule has 0 aliphatic heterocycles. The van der Waals surface area contributed by atoms with Crippen LogP contribution in [0, 0.1) is 10.1 Å². The zero-order valence-corrected chi connectivity index (χ0v) is 10.3. The topological polar surface area (TPSA) is 55.5 Å². The molecule has 1 aromatic rings. The molecule has 1 aromatic carbocycles. The van der Waals surface area contributed by atoms with Crippen molar-refractivity contribution < 1.29 is 4.92 Å². The van der Waals surface area contributed by atoms with E-state index in [0.717, 1.165) is 12.8 Å². The maximum atomic E-state index is 10.8. The largest absolute Gasteiger partial charge is 0.284 e. The third-order valence-corrected chi connectivity index (χ3v) is 3.66. The minimum atomic E-state index is -0.358. The lowest BCUT2D eigenvalue weighted by molar-refractivity contribution is -0.387. The zero-order valence-electron chi connectivity index (χ0n) is 9.46. The molecule has 0 amide bonds. The van der Waals surface area contributed by atoms with Gasteiger partial charge in [0.2, 0.25) is 0 Å². The molecule has 0 bridgehead atoms. The molecule has 90 valence electrons. The third-order valence-electron chi connectivity index (χ3n) is 2.77. The van der Waals surface area contributed by atoms with E-state index in [1.165, 1.54) is 43.0 Å². The molecule has 0 aromatic heterocycles. The summed E-state index contributed by atoms with van der Waals surface area (Å²) in [5.74, 6) is 0. The Kier molecular flexibility index (Phi) is 4.14. The first kappa shape index (κ1) is 12.1. The second-order valence-electron chi connectivity index (χ2n) is 4.03. The molecule has 5 heteroatoms. The molecule has 0 saturated heterocycles. The van der Waals surface area contributed by atoms with Crippen LogP contribution < -0.4 is 0 Å². The third kappa shape index (κ3) is 3.30. The first-order valence-electron chi connectivity index (χ1n) is 5.73. The maximum absolute atomic E-state index is 10.8. The fraction of sp³-hybridized carbons (Fsp3) is 0.417. The predicted octanol–water partition coefficient (Wildman–Crippen LogP) is 4.01. The number of nitro benzene ring substituents is 1. The Bertz CT molecular complexity index is 438. The lowest BCUT2D eigenvalue weighted by atomic mass is 9.99. The summed E-state index contributed by atoms with van der Waals surface area (Å²) in [6, 6.07) is 6.74. The van der Waals surface area contributed by atoms with Crippen LogP contribution in [0.2, 0.25) is 0 Å². The molecule has 0 atom stereocenters. The molecular weight excluding hydrogens is 236 g/mol. The molecular formula is C12H14N2O2S. The SMILES string of the molecule is O=[N+]([O-])c1ccccc1SN=C1CCCCC1. The molecule has 4 nitrogen and oxygen atoms in total. The van der Waals surface area contributed by atoms with Crippen LogP contribution in [0.5, 0.6) is 0 Å². The summed E-state index contributed by atoms with van der Waals surface area (Å²) in [5.41, 5.74) is 1.32. The molecule has 17 heavy (non-hydrogen) atoms. The highest BCUT2D eigenvalue weighted by atomic mass is 32.2. The van der Waals surface area contributed by atoms with E-state index in [9.17, 15) is 10.1 Å². The number of nitrogens with zero attached hydrogens (tertiary/aromatic N) is 2. The van der Waals surface area contributed by atoms with Gasteiger partial charge in [0, 0.05) is 23.7 Å². The van der Waals surface area contributed by atoms with E-state index in [-0.39, 0.29) is 10.6 Å². The van der Waals surface area contributed by atoms with Crippen LogP contribution in [0.15, 0.2) is 33.6 Å². The Balaban J connectivity index is 2.10.